The van der Waals surface area contributed by atoms with Crippen molar-refractivity contribution >= 4 is 16.7 Å². The van der Waals surface area contributed by atoms with Crippen LogP contribution >= 0.6 is 0 Å². The van der Waals surface area contributed by atoms with E-state index in [1.165, 1.54) is 0 Å². The fraction of sp³-hybridized carbons (Fsp3) is 0.577. The maximum Gasteiger partial charge on any atom is 0.159 e. The molecule has 3 atom stereocenters. The Labute approximate surface area is 209 Å². The van der Waals surface area contributed by atoms with Gasteiger partial charge in [-0.3, -0.25) is 4.90 Å². The predicted molar refractivity (Wildman–Crippen MR) is 134 cm³/mol. The molecular formula is C26H33FN6O3. The number of likely N-dealkylation sites (tertiary alicyclic amines) is 1. The summed E-state index contributed by atoms with van der Waals surface area (Å²) in [5, 5.41) is 15.2. The number of morpholine rings is 1. The molecule has 3 aliphatic rings. The van der Waals surface area contributed by atoms with Crippen molar-refractivity contribution in [3.8, 4) is 5.82 Å². The van der Waals surface area contributed by atoms with Gasteiger partial charge in [0.25, 0.3) is 0 Å². The minimum Gasteiger partial charge on any atom is -0.394 e. The number of alkyl halides is 1. The second-order valence-electron chi connectivity index (χ2n) is 10.2. The molecule has 2 aromatic heterocycles. The van der Waals surface area contributed by atoms with Crippen molar-refractivity contribution in [3.63, 3.8) is 0 Å². The van der Waals surface area contributed by atoms with Crippen molar-refractivity contribution in [1.82, 2.24) is 24.6 Å². The highest BCUT2D eigenvalue weighted by atomic mass is 19.1. The molecule has 192 valence electrons. The lowest BCUT2D eigenvalue weighted by atomic mass is 9.84. The van der Waals surface area contributed by atoms with Crippen molar-refractivity contribution < 1.29 is 19.0 Å². The highest BCUT2D eigenvalue weighted by Crippen LogP contribution is 2.36. The summed E-state index contributed by atoms with van der Waals surface area (Å²) in [5.41, 5.74) is 3.06. The molecule has 36 heavy (non-hydrogen) atoms. The van der Waals surface area contributed by atoms with Gasteiger partial charge in [0.1, 0.15) is 17.8 Å². The van der Waals surface area contributed by atoms with Crippen LogP contribution in [0.5, 0.6) is 0 Å². The van der Waals surface area contributed by atoms with Crippen LogP contribution in [0.4, 0.5) is 10.2 Å². The first-order chi connectivity index (χ1) is 17.5. The van der Waals surface area contributed by atoms with Crippen LogP contribution in [0.1, 0.15) is 29.3 Å². The molecule has 1 aromatic carbocycles. The summed E-state index contributed by atoms with van der Waals surface area (Å²) in [6.45, 7) is 8.48. The van der Waals surface area contributed by atoms with E-state index in [0.717, 1.165) is 40.8 Å². The second-order valence-corrected chi connectivity index (χ2v) is 10.2. The molecule has 1 N–H and O–H groups in total. The number of piperidine rings is 1. The van der Waals surface area contributed by atoms with Crippen molar-refractivity contribution in [1.29, 1.82) is 0 Å². The Kier molecular flexibility index (Phi) is 6.37. The largest absolute Gasteiger partial charge is 0.394 e. The van der Waals surface area contributed by atoms with Crippen molar-refractivity contribution in [2.75, 3.05) is 57.5 Å². The van der Waals surface area contributed by atoms with E-state index in [1.54, 1.807) is 0 Å². The topological polar surface area (TPSA) is 88.8 Å². The lowest BCUT2D eigenvalue weighted by Gasteiger charge is -2.43. The number of aliphatic hydroxyl groups excluding tert-OH is 1. The molecule has 5 heterocycles. The Balaban J connectivity index is 1.32. The molecule has 0 radical (unpaired) electrons. The molecule has 10 heteroatoms. The molecular weight excluding hydrogens is 463 g/mol. The van der Waals surface area contributed by atoms with E-state index in [4.69, 9.17) is 9.47 Å². The summed E-state index contributed by atoms with van der Waals surface area (Å²) in [4.78, 5) is 13.7. The molecule has 3 aliphatic heterocycles. The quantitative estimate of drug-likeness (QED) is 0.575. The summed E-state index contributed by atoms with van der Waals surface area (Å²) in [5.74, 6) is 1.96. The first kappa shape index (κ1) is 23.7. The summed E-state index contributed by atoms with van der Waals surface area (Å²) < 4.78 is 28.2. The maximum atomic E-state index is 15.4. The second kappa shape index (κ2) is 9.66. The third-order valence-electron chi connectivity index (χ3n) is 7.76. The number of aliphatic hydroxyl groups is 1. The molecule has 3 saturated heterocycles. The van der Waals surface area contributed by atoms with Crippen LogP contribution in [0, 0.1) is 13.8 Å². The zero-order chi connectivity index (χ0) is 24.8. The van der Waals surface area contributed by atoms with Crippen molar-refractivity contribution in [2.45, 2.75) is 44.5 Å². The van der Waals surface area contributed by atoms with E-state index in [9.17, 15) is 5.11 Å². The fourth-order valence-corrected chi connectivity index (χ4v) is 5.68. The molecule has 3 aromatic rings. The zero-order valence-corrected chi connectivity index (χ0v) is 20.8. The van der Waals surface area contributed by atoms with Gasteiger partial charge < -0.3 is 19.5 Å². The molecule has 9 nitrogen and oxygen atoms in total. The fourth-order valence-electron chi connectivity index (χ4n) is 5.68. The van der Waals surface area contributed by atoms with E-state index in [-0.39, 0.29) is 18.6 Å². The van der Waals surface area contributed by atoms with Gasteiger partial charge in [-0.15, -0.1) is 0 Å². The first-order valence-corrected chi connectivity index (χ1v) is 12.8. The van der Waals surface area contributed by atoms with Crippen molar-refractivity contribution in [2.24, 2.45) is 0 Å². The van der Waals surface area contributed by atoms with Crippen LogP contribution in [-0.2, 0) is 9.47 Å². The third-order valence-corrected chi connectivity index (χ3v) is 7.76. The van der Waals surface area contributed by atoms with Crippen LogP contribution in [0.3, 0.4) is 0 Å². The number of anilines is 1. The number of aromatic nitrogens is 4. The van der Waals surface area contributed by atoms with Gasteiger partial charge in [-0.2, -0.15) is 5.10 Å². The van der Waals surface area contributed by atoms with Gasteiger partial charge in [0.05, 0.1) is 50.3 Å². The van der Waals surface area contributed by atoms with Crippen LogP contribution in [-0.4, -0.2) is 101 Å². The number of fused-ring (bicyclic) bond motifs is 1. The number of rotatable bonds is 5. The Morgan fingerprint density at radius 2 is 1.92 bits per heavy atom. The minimum absolute atomic E-state index is 0.0255. The van der Waals surface area contributed by atoms with Crippen LogP contribution in [0.25, 0.3) is 16.7 Å². The molecule has 0 saturated carbocycles. The Bertz CT molecular complexity index is 1250. The number of nitrogens with zero attached hydrogens (tertiary/aromatic N) is 6. The molecule has 3 fully saturated rings. The van der Waals surface area contributed by atoms with Crippen molar-refractivity contribution in [3.05, 3.63) is 41.3 Å². The number of hydrogen-bond donors (Lipinski definition) is 1. The Morgan fingerprint density at radius 3 is 2.67 bits per heavy atom. The number of aryl methyl sites for hydroxylation is 2. The summed E-state index contributed by atoms with van der Waals surface area (Å²) in [6.07, 6.45) is 1.48. The lowest BCUT2D eigenvalue weighted by molar-refractivity contribution is -0.0807. The Hall–Kier alpha value is -2.66. The Morgan fingerprint density at radius 1 is 1.08 bits per heavy atom. The summed E-state index contributed by atoms with van der Waals surface area (Å²) in [6, 6.07) is 6.50. The molecule has 0 spiro atoms. The number of hydrogen-bond acceptors (Lipinski definition) is 8. The lowest BCUT2D eigenvalue weighted by Crippen LogP contribution is -2.54. The van der Waals surface area contributed by atoms with Crippen LogP contribution in [0.2, 0.25) is 0 Å². The van der Waals surface area contributed by atoms with Gasteiger partial charge in [-0.05, 0) is 50.1 Å². The van der Waals surface area contributed by atoms with Gasteiger partial charge in [-0.1, -0.05) is 0 Å². The summed E-state index contributed by atoms with van der Waals surface area (Å²) >= 11 is 0. The average molecular weight is 497 g/mol. The van der Waals surface area contributed by atoms with Gasteiger partial charge in [0, 0.05) is 37.0 Å². The third kappa shape index (κ3) is 4.36. The number of benzene rings is 1. The van der Waals surface area contributed by atoms with Gasteiger partial charge in [0.2, 0.25) is 0 Å². The minimum atomic E-state index is -0.916. The smallest absolute Gasteiger partial charge is 0.159 e. The molecule has 2 unspecified atom stereocenters. The number of halogens is 1. The molecule has 0 amide bonds. The van der Waals surface area contributed by atoms with Gasteiger partial charge >= 0.3 is 0 Å². The van der Waals surface area contributed by atoms with Crippen LogP contribution in [0.15, 0.2) is 24.4 Å². The van der Waals surface area contributed by atoms with Crippen LogP contribution < -0.4 is 4.90 Å². The summed E-state index contributed by atoms with van der Waals surface area (Å²) in [7, 11) is 0. The van der Waals surface area contributed by atoms with E-state index in [0.29, 0.717) is 57.1 Å². The van der Waals surface area contributed by atoms with Gasteiger partial charge in [0.15, 0.2) is 5.82 Å². The standard InChI is InChI=1S/C26H33FN6O3/c1-16-7-18-10-28-33(26-9-25(29-17(2)30-26)32-5-6-36-20(11-32)13-34)24(18)8-22(16)21-3-4-31(12-23(21)27)19-14-35-15-19/h7-10,19-21,23,34H,3-6,11-15H2,1-2H3/t20?,21?,23-/m0/s1. The average Bonchev–Trinajstić information content (AvgIpc) is 3.25. The predicted octanol–water partition coefficient (Wildman–Crippen LogP) is 2.16. The van der Waals surface area contributed by atoms with Gasteiger partial charge in [-0.25, -0.2) is 19.0 Å². The highest BCUT2D eigenvalue weighted by molar-refractivity contribution is 5.82. The van der Waals surface area contributed by atoms with E-state index < -0.39 is 6.17 Å². The molecule has 0 bridgehead atoms. The molecule has 6 rings (SSSR count). The number of ether oxygens (including phenoxy) is 2. The zero-order valence-electron chi connectivity index (χ0n) is 20.8. The highest BCUT2D eigenvalue weighted by Gasteiger charge is 2.36. The maximum absolute atomic E-state index is 15.4. The molecule has 0 aliphatic carbocycles. The SMILES string of the molecule is Cc1nc(N2CCOC(CO)C2)cc(-n2ncc3cc(C)c(C4CCN(C5COC5)C[C@@H]4F)cc32)n1. The van der Waals surface area contributed by atoms with E-state index in [1.807, 2.05) is 23.9 Å². The normalized spacial score (nSPS) is 25.9. The van der Waals surface area contributed by atoms with E-state index in [2.05, 4.69) is 43.9 Å². The van der Waals surface area contributed by atoms with E-state index >= 15 is 4.39 Å². The first-order valence-electron chi connectivity index (χ1n) is 12.8. The monoisotopic (exact) mass is 496 g/mol.